The van der Waals surface area contributed by atoms with E-state index in [-0.39, 0.29) is 104 Å². The Bertz CT molecular complexity index is 1090. The zero-order valence-electron chi connectivity index (χ0n) is 17.8. The number of aromatic hydroxyl groups is 2. The SMILES string of the molecule is Nc1ccc(O)c2c1C(=O)c1c(O)c(S(=O)(=O)O)cc(N)c1C2=O.[H-].[H-].[H-].[Na+].[Na+].[Na+]. The average molecular weight is 422 g/mol. The predicted octanol–water partition coefficient (Wildman–Crippen LogP) is -8.37. The second-order valence-electron chi connectivity index (χ2n) is 5.12. The number of phenols is 2. The van der Waals surface area contributed by atoms with E-state index < -0.39 is 60.5 Å². The molecule has 0 saturated heterocycles. The molecule has 1 aliphatic carbocycles. The van der Waals surface area contributed by atoms with Crippen LogP contribution < -0.4 is 100 Å². The molecule has 0 aromatic heterocycles. The summed E-state index contributed by atoms with van der Waals surface area (Å²) in [5.74, 6) is -3.53. The van der Waals surface area contributed by atoms with Crippen molar-refractivity contribution in [2.75, 3.05) is 11.5 Å². The number of fused-ring (bicyclic) bond motifs is 2. The molecule has 0 heterocycles. The molecular weight excluding hydrogens is 409 g/mol. The van der Waals surface area contributed by atoms with Crippen LogP contribution in [0.1, 0.15) is 36.1 Å². The van der Waals surface area contributed by atoms with Gasteiger partial charge in [0.1, 0.15) is 16.4 Å². The summed E-state index contributed by atoms with van der Waals surface area (Å²) < 4.78 is 31.8. The molecule has 0 saturated carbocycles. The van der Waals surface area contributed by atoms with Crippen LogP contribution in [-0.2, 0) is 10.1 Å². The Balaban J connectivity index is -0.000000563. The van der Waals surface area contributed by atoms with Gasteiger partial charge in [-0.3, -0.25) is 14.1 Å². The first kappa shape index (κ1) is 26.9. The first-order valence-electron chi connectivity index (χ1n) is 6.39. The number of nitrogen functional groups attached to an aromatic ring is 2. The third-order valence-electron chi connectivity index (χ3n) is 3.70. The van der Waals surface area contributed by atoms with Crippen LogP contribution in [0.5, 0.6) is 11.5 Å². The molecule has 0 bridgehead atoms. The Kier molecular flexibility index (Phi) is 9.10. The molecular formula is C14H13N2Na3O7S. The third kappa shape index (κ3) is 4.26. The monoisotopic (exact) mass is 422 g/mol. The molecule has 0 fully saturated rings. The first-order chi connectivity index (χ1) is 11.1. The van der Waals surface area contributed by atoms with Crippen molar-refractivity contribution in [3.8, 4) is 11.5 Å². The molecule has 2 aromatic carbocycles. The second kappa shape index (κ2) is 9.14. The number of hydrogen-bond acceptors (Lipinski definition) is 8. The van der Waals surface area contributed by atoms with Gasteiger partial charge in [0.2, 0.25) is 11.6 Å². The molecule has 130 valence electrons. The first-order valence-corrected chi connectivity index (χ1v) is 7.83. The number of carbonyl (C=O) groups is 2. The summed E-state index contributed by atoms with van der Waals surface area (Å²) in [6.45, 7) is 0. The molecule has 1 aliphatic rings. The zero-order chi connectivity index (χ0) is 18.0. The standard InChI is InChI=1S/C14H10N2O7S.3Na.3H/c15-4-1-2-6(17)10-8(4)14(20)11-9(13(10)19)5(16)3-7(12(11)18)24(21,22)23;;;;;;/h1-3,17-18H,15-16H2,(H,21,22,23);;;;;;/q;3*+1;3*-1. The number of carbonyl (C=O) groups excluding carboxylic acids is 2. The van der Waals surface area contributed by atoms with Crippen molar-refractivity contribution < 1.29 is 126 Å². The van der Waals surface area contributed by atoms with E-state index in [9.17, 15) is 28.2 Å². The molecule has 9 nitrogen and oxygen atoms in total. The van der Waals surface area contributed by atoms with Gasteiger partial charge in [-0.25, -0.2) is 0 Å². The van der Waals surface area contributed by atoms with Gasteiger partial charge in [0.15, 0.2) is 0 Å². The van der Waals surface area contributed by atoms with Crippen LogP contribution in [0, 0.1) is 0 Å². The Hall–Kier alpha value is -0.110. The average Bonchev–Trinajstić information content (AvgIpc) is 2.47. The second-order valence-corrected chi connectivity index (χ2v) is 6.51. The number of hydrogen-bond donors (Lipinski definition) is 5. The van der Waals surface area contributed by atoms with Crippen molar-refractivity contribution in [1.29, 1.82) is 0 Å². The van der Waals surface area contributed by atoms with Gasteiger partial charge in [-0.05, 0) is 18.2 Å². The number of rotatable bonds is 1. The quantitative estimate of drug-likeness (QED) is 0.110. The summed E-state index contributed by atoms with van der Waals surface area (Å²) in [6, 6.07) is 2.95. The minimum absolute atomic E-state index is 0. The molecule has 27 heavy (non-hydrogen) atoms. The van der Waals surface area contributed by atoms with Gasteiger partial charge in [-0.15, -0.1) is 0 Å². The van der Waals surface area contributed by atoms with Gasteiger partial charge in [0, 0.05) is 11.4 Å². The maximum absolute atomic E-state index is 12.6. The number of ketones is 2. The van der Waals surface area contributed by atoms with Crippen LogP contribution in [-0.4, -0.2) is 34.8 Å². The Morgan fingerprint density at radius 1 is 0.815 bits per heavy atom. The van der Waals surface area contributed by atoms with Crippen LogP contribution in [0.4, 0.5) is 11.4 Å². The number of phenolic OH excluding ortho intramolecular Hbond substituents is 2. The fourth-order valence-electron chi connectivity index (χ4n) is 2.66. The Morgan fingerprint density at radius 2 is 1.30 bits per heavy atom. The number of benzene rings is 2. The van der Waals surface area contributed by atoms with Crippen LogP contribution >= 0.6 is 0 Å². The van der Waals surface area contributed by atoms with E-state index in [4.69, 9.17) is 16.0 Å². The van der Waals surface area contributed by atoms with E-state index in [1.54, 1.807) is 0 Å². The van der Waals surface area contributed by atoms with Crippen molar-refractivity contribution in [2.24, 2.45) is 0 Å². The van der Waals surface area contributed by atoms with Gasteiger partial charge < -0.3 is 26.0 Å². The largest absolute Gasteiger partial charge is 1.00 e. The van der Waals surface area contributed by atoms with Gasteiger partial charge in [0.25, 0.3) is 10.1 Å². The molecule has 7 N–H and O–H groups in total. The smallest absolute Gasteiger partial charge is 1.00 e. The molecule has 0 atom stereocenters. The summed E-state index contributed by atoms with van der Waals surface area (Å²) in [4.78, 5) is 24.2. The van der Waals surface area contributed by atoms with Crippen molar-refractivity contribution in [3.05, 3.63) is 40.5 Å². The minimum atomic E-state index is -4.90. The predicted molar refractivity (Wildman–Crippen MR) is 85.1 cm³/mol. The van der Waals surface area contributed by atoms with E-state index in [2.05, 4.69) is 0 Å². The van der Waals surface area contributed by atoms with Crippen LogP contribution in [0.3, 0.4) is 0 Å². The third-order valence-corrected chi connectivity index (χ3v) is 4.56. The topological polar surface area (TPSA) is 181 Å². The molecule has 0 unspecified atom stereocenters. The summed E-state index contributed by atoms with van der Waals surface area (Å²) in [5.41, 5.74) is 8.75. The minimum Gasteiger partial charge on any atom is -1.00 e. The van der Waals surface area contributed by atoms with Crippen molar-refractivity contribution in [1.82, 2.24) is 0 Å². The van der Waals surface area contributed by atoms with Crippen LogP contribution in [0.15, 0.2) is 23.1 Å². The summed E-state index contributed by atoms with van der Waals surface area (Å²) >= 11 is 0. The summed E-state index contributed by atoms with van der Waals surface area (Å²) in [6.07, 6.45) is 0. The maximum Gasteiger partial charge on any atom is 1.00 e. The fourth-order valence-corrected chi connectivity index (χ4v) is 3.28. The van der Waals surface area contributed by atoms with Gasteiger partial charge >= 0.3 is 88.7 Å². The molecule has 0 radical (unpaired) electrons. The zero-order valence-corrected chi connectivity index (χ0v) is 21.6. The van der Waals surface area contributed by atoms with Crippen molar-refractivity contribution >= 4 is 33.1 Å². The molecule has 2 aromatic rings. The maximum atomic E-state index is 12.6. The van der Waals surface area contributed by atoms with Gasteiger partial charge in [0.05, 0.1) is 22.3 Å². The summed E-state index contributed by atoms with van der Waals surface area (Å²) in [5, 5.41) is 20.0. The van der Waals surface area contributed by atoms with E-state index in [0.29, 0.717) is 6.07 Å². The molecule has 3 rings (SSSR count). The van der Waals surface area contributed by atoms with Crippen LogP contribution in [0.25, 0.3) is 0 Å². The normalized spacial score (nSPS) is 12.0. The summed E-state index contributed by atoms with van der Waals surface area (Å²) in [7, 11) is -4.90. The molecule has 13 heteroatoms. The number of anilines is 2. The van der Waals surface area contributed by atoms with Gasteiger partial charge in [-0.1, -0.05) is 0 Å². The molecule has 0 aliphatic heterocycles. The van der Waals surface area contributed by atoms with E-state index in [0.717, 1.165) is 6.07 Å². The van der Waals surface area contributed by atoms with E-state index >= 15 is 0 Å². The van der Waals surface area contributed by atoms with Crippen LogP contribution in [0.2, 0.25) is 0 Å². The van der Waals surface area contributed by atoms with E-state index in [1.165, 1.54) is 6.07 Å². The molecule has 0 spiro atoms. The fraction of sp³-hybridized carbons (Fsp3) is 0. The van der Waals surface area contributed by atoms with Gasteiger partial charge in [-0.2, -0.15) is 8.42 Å². The van der Waals surface area contributed by atoms with E-state index in [1.807, 2.05) is 0 Å². The van der Waals surface area contributed by atoms with Crippen molar-refractivity contribution in [2.45, 2.75) is 4.90 Å². The number of nitrogens with two attached hydrogens (primary N) is 2. The van der Waals surface area contributed by atoms with Crippen molar-refractivity contribution in [3.63, 3.8) is 0 Å². The molecule has 0 amide bonds. The Labute approximate surface area is 224 Å². The Morgan fingerprint density at radius 3 is 1.81 bits per heavy atom.